The van der Waals surface area contributed by atoms with E-state index in [1.54, 1.807) is 0 Å². The Bertz CT molecular complexity index is 173. The van der Waals surface area contributed by atoms with E-state index in [9.17, 15) is 19.2 Å². The van der Waals surface area contributed by atoms with Gasteiger partial charge < -0.3 is 10.2 Å². The first kappa shape index (κ1) is 17.8. The number of hydrogen-bond acceptors (Lipinski definition) is 4. The summed E-state index contributed by atoms with van der Waals surface area (Å²) in [6, 6.07) is 0. The van der Waals surface area contributed by atoms with Gasteiger partial charge in [-0.1, -0.05) is 0 Å². The van der Waals surface area contributed by atoms with Gasteiger partial charge >= 0.3 is 11.9 Å². The zero-order valence-corrected chi connectivity index (χ0v) is 8.09. The number of carboxylic acids is 2. The van der Waals surface area contributed by atoms with Crippen LogP contribution in [0.4, 0.5) is 0 Å². The zero-order valence-electron chi connectivity index (χ0n) is 6.91. The van der Waals surface area contributed by atoms with E-state index in [1.165, 1.54) is 0 Å². The third-order valence-corrected chi connectivity index (χ3v) is 0.602. The third-order valence-electron chi connectivity index (χ3n) is 0.602. The summed E-state index contributed by atoms with van der Waals surface area (Å²) in [5.41, 5.74) is 0. The van der Waals surface area contributed by atoms with Gasteiger partial charge in [-0.2, -0.15) is 0 Å². The predicted octanol–water partition coefficient (Wildman–Crippen LogP) is -0.683. The summed E-state index contributed by atoms with van der Waals surface area (Å²) in [6.45, 7) is 2.00. The monoisotopic (exact) mass is 231 g/mol. The van der Waals surface area contributed by atoms with Gasteiger partial charge in [0.25, 0.3) is 0 Å². The summed E-state index contributed by atoms with van der Waals surface area (Å²) in [5.74, 6) is -4.41. The second-order valence-corrected chi connectivity index (χ2v) is 1.72. The average Bonchev–Trinajstić information content (AvgIpc) is 1.88. The van der Waals surface area contributed by atoms with E-state index in [0.717, 1.165) is 13.8 Å². The van der Waals surface area contributed by atoms with Crippen molar-refractivity contribution in [2.45, 2.75) is 13.8 Å². The Morgan fingerprint density at radius 1 is 0.769 bits per heavy atom. The van der Waals surface area contributed by atoms with Crippen LogP contribution in [0.3, 0.4) is 0 Å². The summed E-state index contributed by atoms with van der Waals surface area (Å²) in [5, 5.41) is 15.3. The third kappa shape index (κ3) is 18.1. The minimum Gasteiger partial charge on any atom is -0.476 e. The summed E-state index contributed by atoms with van der Waals surface area (Å²) in [6.07, 6.45) is 0. The van der Waals surface area contributed by atoms with Crippen molar-refractivity contribution in [2.75, 3.05) is 0 Å². The summed E-state index contributed by atoms with van der Waals surface area (Å²) in [4.78, 5) is 37.8. The maximum atomic E-state index is 9.54. The fraction of sp³-hybridized carbons (Fsp3) is 0.333. The van der Waals surface area contributed by atoms with Gasteiger partial charge in [-0.3, -0.25) is 9.59 Å². The summed E-state index contributed by atoms with van der Waals surface area (Å²) < 4.78 is 0. The Morgan fingerprint density at radius 2 is 0.846 bits per heavy atom. The Balaban J connectivity index is -0.000000143. The van der Waals surface area contributed by atoms with Crippen molar-refractivity contribution in [2.24, 2.45) is 0 Å². The Hall–Kier alpha value is -1.20. The molecule has 0 spiro atoms. The van der Waals surface area contributed by atoms with E-state index in [4.69, 9.17) is 10.2 Å². The SMILES string of the molecule is CC(=O)C(=O)O.CC(=O)C(=O)O.[Mn]. The van der Waals surface area contributed by atoms with Crippen LogP contribution in [0, 0.1) is 0 Å². The number of ketones is 2. The summed E-state index contributed by atoms with van der Waals surface area (Å²) >= 11 is 0. The number of Topliss-reactive ketones (excluding diaryl/α,β-unsaturated/α-hetero) is 2. The second-order valence-electron chi connectivity index (χ2n) is 1.72. The minimum absolute atomic E-state index is 0. The molecule has 0 saturated carbocycles. The van der Waals surface area contributed by atoms with Crippen molar-refractivity contribution >= 4 is 23.5 Å². The van der Waals surface area contributed by atoms with Gasteiger partial charge in [-0.25, -0.2) is 9.59 Å². The van der Waals surface area contributed by atoms with Crippen LogP contribution in [0.25, 0.3) is 0 Å². The second kappa shape index (κ2) is 8.89. The van der Waals surface area contributed by atoms with Crippen LogP contribution >= 0.6 is 0 Å². The largest absolute Gasteiger partial charge is 0.476 e. The molecule has 6 nitrogen and oxygen atoms in total. The van der Waals surface area contributed by atoms with Gasteiger partial charge in [-0.15, -0.1) is 0 Å². The Labute approximate surface area is 84.4 Å². The normalized spacial score (nSPS) is 6.92. The van der Waals surface area contributed by atoms with Crippen LogP contribution in [-0.2, 0) is 36.2 Å². The number of hydrogen-bond donors (Lipinski definition) is 2. The van der Waals surface area contributed by atoms with Crippen molar-refractivity contribution in [3.63, 3.8) is 0 Å². The number of carbonyl (C=O) groups is 4. The molecule has 0 aromatic heterocycles. The summed E-state index contributed by atoms with van der Waals surface area (Å²) in [7, 11) is 0. The van der Waals surface area contributed by atoms with Gasteiger partial charge in [0.05, 0.1) is 0 Å². The average molecular weight is 231 g/mol. The molecule has 13 heavy (non-hydrogen) atoms. The molecular formula is C6H8MnO6. The van der Waals surface area contributed by atoms with Gasteiger partial charge in [0.2, 0.25) is 11.6 Å². The molecule has 0 heterocycles. The maximum absolute atomic E-state index is 9.54. The van der Waals surface area contributed by atoms with E-state index >= 15 is 0 Å². The molecule has 0 rings (SSSR count). The van der Waals surface area contributed by atoms with Crippen molar-refractivity contribution in [1.29, 1.82) is 0 Å². The molecule has 1 radical (unpaired) electrons. The standard InChI is InChI=1S/2C3H4O3.Mn/c2*1-2(4)3(5)6;/h2*1H3,(H,5,6);. The van der Waals surface area contributed by atoms with Gasteiger partial charge in [0, 0.05) is 30.9 Å². The number of rotatable bonds is 2. The maximum Gasteiger partial charge on any atom is 0.371 e. The van der Waals surface area contributed by atoms with Gasteiger partial charge in [-0.05, 0) is 0 Å². The van der Waals surface area contributed by atoms with E-state index < -0.39 is 23.5 Å². The van der Waals surface area contributed by atoms with Crippen molar-refractivity contribution in [1.82, 2.24) is 0 Å². The molecule has 2 N–H and O–H groups in total. The minimum atomic E-state index is -1.38. The van der Waals surface area contributed by atoms with Crippen LogP contribution in [0.2, 0.25) is 0 Å². The predicted molar refractivity (Wildman–Crippen MR) is 36.6 cm³/mol. The van der Waals surface area contributed by atoms with Crippen LogP contribution in [0.15, 0.2) is 0 Å². The smallest absolute Gasteiger partial charge is 0.371 e. The number of carboxylic acid groups (broad SMARTS) is 2. The topological polar surface area (TPSA) is 109 Å². The quantitative estimate of drug-likeness (QED) is 0.481. The molecule has 0 aliphatic carbocycles. The number of aliphatic carboxylic acids is 2. The van der Waals surface area contributed by atoms with E-state index in [-0.39, 0.29) is 17.1 Å². The van der Waals surface area contributed by atoms with E-state index in [1.807, 2.05) is 0 Å². The van der Waals surface area contributed by atoms with Crippen molar-refractivity contribution < 1.29 is 46.5 Å². The molecule has 0 saturated heterocycles. The molecule has 75 valence electrons. The molecule has 0 bridgehead atoms. The fourth-order valence-corrected chi connectivity index (χ4v) is 0. The molecular weight excluding hydrogens is 223 g/mol. The first-order valence-electron chi connectivity index (χ1n) is 2.76. The molecule has 0 atom stereocenters. The Morgan fingerprint density at radius 3 is 0.846 bits per heavy atom. The van der Waals surface area contributed by atoms with Crippen LogP contribution in [-0.4, -0.2) is 33.7 Å². The Kier molecular flexibility index (Phi) is 12.2. The molecule has 0 amide bonds. The number of carbonyl (C=O) groups excluding carboxylic acids is 2. The van der Waals surface area contributed by atoms with Crippen LogP contribution in [0.1, 0.15) is 13.8 Å². The fourth-order valence-electron chi connectivity index (χ4n) is 0. The van der Waals surface area contributed by atoms with Gasteiger partial charge in [0.15, 0.2) is 0 Å². The molecule has 0 aromatic carbocycles. The molecule has 7 heteroatoms. The molecule has 0 aliphatic rings. The van der Waals surface area contributed by atoms with Crippen molar-refractivity contribution in [3.05, 3.63) is 0 Å². The molecule has 0 aliphatic heterocycles. The van der Waals surface area contributed by atoms with Gasteiger partial charge in [0.1, 0.15) is 0 Å². The van der Waals surface area contributed by atoms with Crippen molar-refractivity contribution in [3.8, 4) is 0 Å². The first-order chi connectivity index (χ1) is 5.29. The van der Waals surface area contributed by atoms with Crippen LogP contribution in [0.5, 0.6) is 0 Å². The van der Waals surface area contributed by atoms with E-state index in [0.29, 0.717) is 0 Å². The molecule has 0 unspecified atom stereocenters. The van der Waals surface area contributed by atoms with Crippen LogP contribution < -0.4 is 0 Å². The first-order valence-corrected chi connectivity index (χ1v) is 2.76. The molecule has 0 aromatic rings. The molecule has 0 fully saturated rings. The van der Waals surface area contributed by atoms with E-state index in [2.05, 4.69) is 0 Å². The zero-order chi connectivity index (χ0) is 10.3.